The molecule has 5 heteroatoms. The van der Waals surface area contributed by atoms with Crippen molar-refractivity contribution in [2.75, 3.05) is 0 Å². The van der Waals surface area contributed by atoms with Crippen molar-refractivity contribution < 1.29 is 39.0 Å². The SMILES string of the molecule is CCC(CC)C(=O)/C=C(\O)C(CC)CC.[CH2-][n+]1c(-c2[c-]c(CC(C)C)cc3c2oc2ccccc23)ccc2c3ccccc3ccc21.[Ir]. The fraction of sp³-hybridized carbons (Fsp3) is 0.326. The van der Waals surface area contributed by atoms with Gasteiger partial charge in [-0.1, -0.05) is 102 Å². The standard InChI is InChI=1S/C30H24NO.C13H24O2.Ir/c1-19(2)16-20-17-25-24-10-6-7-11-29(24)32-30(25)26(18-20)28-15-13-23-22-9-5-4-8-21(22)12-14-27(23)31(28)3;1-5-10(6-2)12(14)9-13(15)11(7-3)8-4;/h4-15,17,19H,3,16H2,1-2H3;9-11,14H,5-8H2,1-4H3;/q-1;;/b;12-9-;. The van der Waals surface area contributed by atoms with Crippen LogP contribution in [0.5, 0.6) is 0 Å². The van der Waals surface area contributed by atoms with Crippen LogP contribution < -0.4 is 4.57 Å². The van der Waals surface area contributed by atoms with Crippen LogP contribution in [0.2, 0.25) is 0 Å². The smallest absolute Gasteiger partial charge is 0.162 e. The number of aliphatic hydroxyl groups is 1. The van der Waals surface area contributed by atoms with E-state index in [1.54, 1.807) is 0 Å². The molecule has 0 aliphatic carbocycles. The zero-order valence-electron chi connectivity index (χ0n) is 29.1. The first-order valence-corrected chi connectivity index (χ1v) is 17.2. The number of aliphatic hydroxyl groups excluding tert-OH is 1. The molecule has 6 aromatic rings. The van der Waals surface area contributed by atoms with Gasteiger partial charge in [0.25, 0.3) is 0 Å². The molecule has 0 atom stereocenters. The Morgan fingerprint density at radius 1 is 0.833 bits per heavy atom. The third-order valence-corrected chi connectivity index (χ3v) is 9.37. The third kappa shape index (κ3) is 7.69. The summed E-state index contributed by atoms with van der Waals surface area (Å²) in [4.78, 5) is 11.7. The van der Waals surface area contributed by atoms with E-state index in [1.807, 2.05) is 44.4 Å². The molecule has 1 radical (unpaired) electrons. The van der Waals surface area contributed by atoms with Gasteiger partial charge in [-0.25, -0.2) is 0 Å². The number of hydrogen-bond acceptors (Lipinski definition) is 3. The number of para-hydroxylation sites is 1. The van der Waals surface area contributed by atoms with E-state index in [-0.39, 0.29) is 43.5 Å². The van der Waals surface area contributed by atoms with Crippen LogP contribution >= 0.6 is 0 Å². The Hall–Kier alpha value is -3.92. The first-order chi connectivity index (χ1) is 22.7. The van der Waals surface area contributed by atoms with Gasteiger partial charge < -0.3 is 14.1 Å². The van der Waals surface area contributed by atoms with E-state index >= 15 is 0 Å². The van der Waals surface area contributed by atoms with Crippen LogP contribution in [-0.4, -0.2) is 10.9 Å². The Balaban J connectivity index is 0.000000279. The Morgan fingerprint density at radius 3 is 2.15 bits per heavy atom. The number of rotatable bonds is 10. The van der Waals surface area contributed by atoms with E-state index in [2.05, 4.69) is 93.7 Å². The van der Waals surface area contributed by atoms with Crippen molar-refractivity contribution in [3.63, 3.8) is 0 Å². The molecule has 0 saturated heterocycles. The summed E-state index contributed by atoms with van der Waals surface area (Å²) in [6, 6.07) is 31.3. The molecular formula is C43H48IrNO3-. The molecule has 0 aliphatic heterocycles. The maximum atomic E-state index is 11.7. The van der Waals surface area contributed by atoms with E-state index in [0.29, 0.717) is 5.92 Å². The van der Waals surface area contributed by atoms with Gasteiger partial charge >= 0.3 is 0 Å². The van der Waals surface area contributed by atoms with Crippen molar-refractivity contribution in [3.05, 3.63) is 109 Å². The van der Waals surface area contributed by atoms with Crippen LogP contribution in [0.4, 0.5) is 0 Å². The number of pyridine rings is 1. The second-order valence-electron chi connectivity index (χ2n) is 13.0. The third-order valence-electron chi connectivity index (χ3n) is 9.37. The maximum Gasteiger partial charge on any atom is 0.162 e. The van der Waals surface area contributed by atoms with Crippen LogP contribution in [-0.2, 0) is 31.3 Å². The van der Waals surface area contributed by atoms with Gasteiger partial charge in [0, 0.05) is 50.5 Å². The van der Waals surface area contributed by atoms with E-state index < -0.39 is 0 Å². The van der Waals surface area contributed by atoms with Crippen LogP contribution in [0.25, 0.3) is 54.9 Å². The minimum Gasteiger partial charge on any atom is -0.512 e. The minimum absolute atomic E-state index is 0. The molecule has 0 fully saturated rings. The molecule has 253 valence electrons. The van der Waals surface area contributed by atoms with Crippen molar-refractivity contribution in [2.24, 2.45) is 17.8 Å². The van der Waals surface area contributed by atoms with Crippen LogP contribution in [0.15, 0.2) is 95.1 Å². The van der Waals surface area contributed by atoms with E-state index in [4.69, 9.17) is 4.42 Å². The zero-order chi connectivity index (χ0) is 33.7. The average Bonchev–Trinajstić information content (AvgIpc) is 3.44. The Kier molecular flexibility index (Phi) is 12.7. The molecule has 0 aliphatic rings. The summed E-state index contributed by atoms with van der Waals surface area (Å²) < 4.78 is 8.39. The van der Waals surface area contributed by atoms with Gasteiger partial charge in [-0.3, -0.25) is 4.79 Å². The number of carbonyl (C=O) groups is 1. The van der Waals surface area contributed by atoms with E-state index in [9.17, 15) is 9.90 Å². The molecule has 4 nitrogen and oxygen atoms in total. The summed E-state index contributed by atoms with van der Waals surface area (Å²) in [6.07, 6.45) is 5.88. The summed E-state index contributed by atoms with van der Waals surface area (Å²) in [7, 11) is 4.44. The summed E-state index contributed by atoms with van der Waals surface area (Å²) in [6.45, 7) is 12.6. The van der Waals surface area contributed by atoms with Crippen molar-refractivity contribution in [3.8, 4) is 11.3 Å². The van der Waals surface area contributed by atoms with Gasteiger partial charge in [-0.15, -0.1) is 17.7 Å². The number of nitrogens with zero attached hydrogens (tertiary/aromatic N) is 1. The number of fused-ring (bicyclic) bond motifs is 6. The van der Waals surface area contributed by atoms with Crippen LogP contribution in [0.3, 0.4) is 0 Å². The molecule has 2 aromatic heterocycles. The minimum atomic E-state index is 0. The number of hydrogen-bond donors (Lipinski definition) is 1. The normalized spacial score (nSPS) is 11.9. The second-order valence-corrected chi connectivity index (χ2v) is 13.0. The number of allylic oxidation sites excluding steroid dienone is 2. The molecule has 2 heterocycles. The molecule has 6 rings (SSSR count). The summed E-state index contributed by atoms with van der Waals surface area (Å²) in [5.41, 5.74) is 6.04. The molecule has 1 N–H and O–H groups in total. The average molecular weight is 819 g/mol. The van der Waals surface area contributed by atoms with Crippen molar-refractivity contribution in [1.82, 2.24) is 0 Å². The van der Waals surface area contributed by atoms with Crippen LogP contribution in [0, 0.1) is 30.9 Å². The Labute approximate surface area is 299 Å². The number of benzene rings is 4. The van der Waals surface area contributed by atoms with Crippen LogP contribution in [0.1, 0.15) is 72.8 Å². The topological polar surface area (TPSA) is 54.3 Å². The zero-order valence-corrected chi connectivity index (χ0v) is 31.5. The first kappa shape index (κ1) is 36.9. The largest absolute Gasteiger partial charge is 0.512 e. The molecule has 0 unspecified atom stereocenters. The van der Waals surface area contributed by atoms with Gasteiger partial charge in [0.2, 0.25) is 0 Å². The molecule has 48 heavy (non-hydrogen) atoms. The molecule has 0 bridgehead atoms. The van der Waals surface area contributed by atoms with Crippen molar-refractivity contribution in [1.29, 1.82) is 0 Å². The molecule has 0 spiro atoms. The number of furan rings is 1. The predicted molar refractivity (Wildman–Crippen MR) is 196 cm³/mol. The molecule has 0 saturated carbocycles. The molecule has 4 aromatic carbocycles. The predicted octanol–water partition coefficient (Wildman–Crippen LogP) is 11.4. The van der Waals surface area contributed by atoms with Gasteiger partial charge in [-0.05, 0) is 77.9 Å². The summed E-state index contributed by atoms with van der Waals surface area (Å²) in [5, 5.41) is 15.7. The van der Waals surface area contributed by atoms with Gasteiger partial charge in [-0.2, -0.15) is 0 Å². The monoisotopic (exact) mass is 819 g/mol. The number of ketones is 1. The van der Waals surface area contributed by atoms with Gasteiger partial charge in [0.05, 0.1) is 11.3 Å². The Bertz CT molecular complexity index is 2050. The number of aromatic nitrogens is 1. The Morgan fingerprint density at radius 2 is 1.48 bits per heavy atom. The molecular weight excluding hydrogens is 771 g/mol. The van der Waals surface area contributed by atoms with Gasteiger partial charge in [0.1, 0.15) is 16.8 Å². The fourth-order valence-corrected chi connectivity index (χ4v) is 6.63. The van der Waals surface area contributed by atoms with Crippen molar-refractivity contribution >= 4 is 49.4 Å². The second kappa shape index (κ2) is 16.5. The summed E-state index contributed by atoms with van der Waals surface area (Å²) >= 11 is 0. The van der Waals surface area contributed by atoms with E-state index in [1.165, 1.54) is 27.8 Å². The quantitative estimate of drug-likeness (QED) is 0.0492. The molecule has 0 amide bonds. The van der Waals surface area contributed by atoms with E-state index in [0.717, 1.165) is 70.8 Å². The first-order valence-electron chi connectivity index (χ1n) is 17.2. The number of carbonyl (C=O) groups excluding carboxylic acids is 1. The van der Waals surface area contributed by atoms with Crippen molar-refractivity contribution in [2.45, 2.75) is 73.6 Å². The van der Waals surface area contributed by atoms with Gasteiger partial charge in [0.15, 0.2) is 5.78 Å². The fourth-order valence-electron chi connectivity index (χ4n) is 6.63. The summed E-state index contributed by atoms with van der Waals surface area (Å²) in [5.74, 6) is 1.09. The maximum absolute atomic E-state index is 11.7.